The lowest BCUT2D eigenvalue weighted by Gasteiger charge is -2.27. The van der Waals surface area contributed by atoms with Gasteiger partial charge in [0, 0.05) is 37.6 Å². The number of hydrogen-bond acceptors (Lipinski definition) is 3. The molecule has 6 heteroatoms. The lowest BCUT2D eigenvalue weighted by Crippen LogP contribution is -2.42. The van der Waals surface area contributed by atoms with Gasteiger partial charge in [0.05, 0.1) is 11.9 Å². The quantitative estimate of drug-likeness (QED) is 0.891. The van der Waals surface area contributed by atoms with Crippen molar-refractivity contribution in [1.82, 2.24) is 15.1 Å². The van der Waals surface area contributed by atoms with Gasteiger partial charge in [-0.3, -0.25) is 4.68 Å². The zero-order chi connectivity index (χ0) is 16.2. The first kappa shape index (κ1) is 15.4. The van der Waals surface area contributed by atoms with Crippen molar-refractivity contribution in [1.29, 1.82) is 0 Å². The second-order valence-electron chi connectivity index (χ2n) is 5.84. The van der Waals surface area contributed by atoms with Crippen LogP contribution in [-0.4, -0.2) is 34.9 Å². The number of rotatable bonds is 5. The van der Waals surface area contributed by atoms with Gasteiger partial charge in [-0.1, -0.05) is 18.2 Å². The van der Waals surface area contributed by atoms with E-state index in [1.165, 1.54) is 11.3 Å². The van der Waals surface area contributed by atoms with Crippen LogP contribution in [0.2, 0.25) is 0 Å². The fourth-order valence-electron chi connectivity index (χ4n) is 2.95. The number of carbonyl (C=O) groups is 1. The summed E-state index contributed by atoms with van der Waals surface area (Å²) in [5, 5.41) is 9.88. The maximum atomic E-state index is 12.0. The molecule has 6 nitrogen and oxygen atoms in total. The molecule has 0 spiro atoms. The average Bonchev–Trinajstić information content (AvgIpc) is 3.19. The summed E-state index contributed by atoms with van der Waals surface area (Å²) in [5.41, 5.74) is 3.38. The van der Waals surface area contributed by atoms with E-state index in [-0.39, 0.29) is 12.1 Å². The molecule has 2 aromatic rings. The minimum atomic E-state index is -0.194. The molecule has 1 atom stereocenters. The predicted molar refractivity (Wildman–Crippen MR) is 91.9 cm³/mol. The smallest absolute Gasteiger partial charge is 0.319 e. The van der Waals surface area contributed by atoms with Crippen LogP contribution in [0.1, 0.15) is 19.4 Å². The van der Waals surface area contributed by atoms with E-state index in [9.17, 15) is 4.79 Å². The summed E-state index contributed by atoms with van der Waals surface area (Å²) in [4.78, 5) is 14.3. The van der Waals surface area contributed by atoms with E-state index < -0.39 is 0 Å². The molecule has 2 heterocycles. The standard InChI is InChI=1S/C17H23N5O/c1-3-21-12-15(11-19-21)20-17(23)18-10-13(2)22-9-8-14-6-4-5-7-16(14)22/h4-7,11-13H,3,8-10H2,1-2H3,(H2,18,20,23)/t13-/m0/s1. The van der Waals surface area contributed by atoms with Gasteiger partial charge in [0.15, 0.2) is 0 Å². The van der Waals surface area contributed by atoms with Gasteiger partial charge in [-0.2, -0.15) is 5.10 Å². The second-order valence-corrected chi connectivity index (χ2v) is 5.84. The Morgan fingerprint density at radius 1 is 1.39 bits per heavy atom. The predicted octanol–water partition coefficient (Wildman–Crippen LogP) is 2.48. The summed E-state index contributed by atoms with van der Waals surface area (Å²) in [6.45, 7) is 6.54. The van der Waals surface area contributed by atoms with E-state index >= 15 is 0 Å². The van der Waals surface area contributed by atoms with Crippen molar-refractivity contribution in [3.8, 4) is 0 Å². The zero-order valence-electron chi connectivity index (χ0n) is 13.6. The van der Waals surface area contributed by atoms with Gasteiger partial charge < -0.3 is 15.5 Å². The van der Waals surface area contributed by atoms with Crippen molar-refractivity contribution < 1.29 is 4.79 Å². The summed E-state index contributed by atoms with van der Waals surface area (Å²) in [5.74, 6) is 0. The topological polar surface area (TPSA) is 62.2 Å². The molecule has 0 fully saturated rings. The lowest BCUT2D eigenvalue weighted by molar-refractivity contribution is 0.251. The first-order valence-electron chi connectivity index (χ1n) is 8.09. The van der Waals surface area contributed by atoms with Gasteiger partial charge in [0.2, 0.25) is 0 Å². The number of fused-ring (bicyclic) bond motifs is 1. The highest BCUT2D eigenvalue weighted by Gasteiger charge is 2.23. The Labute approximate surface area is 136 Å². The maximum Gasteiger partial charge on any atom is 0.319 e. The van der Waals surface area contributed by atoms with E-state index in [0.717, 1.165) is 19.5 Å². The number of amides is 2. The Kier molecular flexibility index (Phi) is 4.50. The fourth-order valence-corrected chi connectivity index (χ4v) is 2.95. The molecule has 0 radical (unpaired) electrons. The number of para-hydroxylation sites is 1. The molecule has 0 bridgehead atoms. The molecule has 0 unspecified atom stereocenters. The van der Waals surface area contributed by atoms with Gasteiger partial charge in [0.25, 0.3) is 0 Å². The van der Waals surface area contributed by atoms with Crippen LogP contribution in [-0.2, 0) is 13.0 Å². The first-order valence-corrected chi connectivity index (χ1v) is 8.09. The van der Waals surface area contributed by atoms with E-state index in [0.29, 0.717) is 12.2 Å². The largest absolute Gasteiger partial charge is 0.366 e. The van der Waals surface area contributed by atoms with E-state index in [2.05, 4.69) is 51.8 Å². The number of urea groups is 1. The van der Waals surface area contributed by atoms with Crippen molar-refractivity contribution >= 4 is 17.4 Å². The van der Waals surface area contributed by atoms with Gasteiger partial charge in [-0.25, -0.2) is 4.79 Å². The monoisotopic (exact) mass is 313 g/mol. The Morgan fingerprint density at radius 2 is 2.22 bits per heavy atom. The molecule has 122 valence electrons. The first-order chi connectivity index (χ1) is 11.2. The second kappa shape index (κ2) is 6.73. The summed E-state index contributed by atoms with van der Waals surface area (Å²) < 4.78 is 1.78. The van der Waals surface area contributed by atoms with Crippen LogP contribution in [0.3, 0.4) is 0 Å². The third-order valence-corrected chi connectivity index (χ3v) is 4.23. The van der Waals surface area contributed by atoms with Crippen molar-refractivity contribution in [2.24, 2.45) is 0 Å². The molecule has 1 aromatic heterocycles. The molecule has 3 rings (SSSR count). The Hall–Kier alpha value is -2.50. The highest BCUT2D eigenvalue weighted by molar-refractivity contribution is 5.88. The lowest BCUT2D eigenvalue weighted by atomic mass is 10.2. The number of carbonyl (C=O) groups excluding carboxylic acids is 1. The number of nitrogens with zero attached hydrogens (tertiary/aromatic N) is 3. The minimum Gasteiger partial charge on any atom is -0.366 e. The maximum absolute atomic E-state index is 12.0. The molecule has 1 aliphatic heterocycles. The van der Waals surface area contributed by atoms with Crippen molar-refractivity contribution in [3.63, 3.8) is 0 Å². The minimum absolute atomic E-state index is 0.194. The Morgan fingerprint density at radius 3 is 3.00 bits per heavy atom. The molecule has 0 aliphatic carbocycles. The summed E-state index contributed by atoms with van der Waals surface area (Å²) in [7, 11) is 0. The number of benzene rings is 1. The van der Waals surface area contributed by atoms with Crippen molar-refractivity contribution in [2.75, 3.05) is 23.3 Å². The molecular formula is C17H23N5O. The SMILES string of the molecule is CCn1cc(NC(=O)NC[C@H](C)N2CCc3ccccc32)cn1. The van der Waals surface area contributed by atoms with Gasteiger partial charge in [-0.05, 0) is 31.9 Å². The molecule has 2 N–H and O–H groups in total. The van der Waals surface area contributed by atoms with Crippen LogP contribution in [0, 0.1) is 0 Å². The van der Waals surface area contributed by atoms with E-state index in [1.54, 1.807) is 10.9 Å². The summed E-state index contributed by atoms with van der Waals surface area (Å²) >= 11 is 0. The highest BCUT2D eigenvalue weighted by Crippen LogP contribution is 2.28. The van der Waals surface area contributed by atoms with Crippen molar-refractivity contribution in [2.45, 2.75) is 32.9 Å². The third kappa shape index (κ3) is 3.47. The van der Waals surface area contributed by atoms with E-state index in [1.807, 2.05) is 13.1 Å². The number of aromatic nitrogens is 2. The van der Waals surface area contributed by atoms with E-state index in [4.69, 9.17) is 0 Å². The van der Waals surface area contributed by atoms with Gasteiger partial charge >= 0.3 is 6.03 Å². The summed E-state index contributed by atoms with van der Waals surface area (Å²) in [6, 6.07) is 8.53. The molecule has 1 aliphatic rings. The third-order valence-electron chi connectivity index (χ3n) is 4.23. The fraction of sp³-hybridized carbons (Fsp3) is 0.412. The molecule has 23 heavy (non-hydrogen) atoms. The number of aryl methyl sites for hydroxylation is 1. The van der Waals surface area contributed by atoms with Crippen LogP contribution in [0.5, 0.6) is 0 Å². The van der Waals surface area contributed by atoms with Crippen LogP contribution < -0.4 is 15.5 Å². The highest BCUT2D eigenvalue weighted by atomic mass is 16.2. The van der Waals surface area contributed by atoms with Gasteiger partial charge in [-0.15, -0.1) is 0 Å². The normalized spacial score (nSPS) is 14.4. The molecule has 0 saturated heterocycles. The Balaban J connectivity index is 1.51. The Bertz CT molecular complexity index is 681. The average molecular weight is 313 g/mol. The van der Waals surface area contributed by atoms with Crippen LogP contribution >= 0.6 is 0 Å². The zero-order valence-corrected chi connectivity index (χ0v) is 13.6. The molecular weight excluding hydrogens is 290 g/mol. The number of anilines is 2. The van der Waals surface area contributed by atoms with Crippen molar-refractivity contribution in [3.05, 3.63) is 42.2 Å². The van der Waals surface area contributed by atoms with Crippen LogP contribution in [0.15, 0.2) is 36.7 Å². The van der Waals surface area contributed by atoms with Crippen LogP contribution in [0.4, 0.5) is 16.2 Å². The number of nitrogens with one attached hydrogen (secondary N) is 2. The number of hydrogen-bond donors (Lipinski definition) is 2. The van der Waals surface area contributed by atoms with Crippen LogP contribution in [0.25, 0.3) is 0 Å². The molecule has 2 amide bonds. The molecule has 1 aromatic carbocycles. The van der Waals surface area contributed by atoms with Gasteiger partial charge in [0.1, 0.15) is 0 Å². The summed E-state index contributed by atoms with van der Waals surface area (Å²) in [6.07, 6.45) is 4.55. The molecule has 0 saturated carbocycles.